The van der Waals surface area contributed by atoms with Gasteiger partial charge in [0.2, 0.25) is 5.91 Å². The third kappa shape index (κ3) is 4.02. The first-order chi connectivity index (χ1) is 9.27. The Morgan fingerprint density at radius 3 is 2.55 bits per heavy atom. The zero-order valence-electron chi connectivity index (χ0n) is 13.1. The molecule has 20 heavy (non-hydrogen) atoms. The van der Waals surface area contributed by atoms with Crippen LogP contribution in [0.25, 0.3) is 0 Å². The molecule has 0 heterocycles. The molecule has 1 N–H and O–H groups in total. The Morgan fingerprint density at radius 1 is 1.35 bits per heavy atom. The van der Waals surface area contributed by atoms with Gasteiger partial charge in [-0.3, -0.25) is 4.79 Å². The Balaban J connectivity index is 2.09. The molecule has 2 rings (SSSR count). The SMILES string of the molecule is Cc1ccc(C(C)(C)C)cc1S[C@H](C)C(=O)NC1CC1. The van der Waals surface area contributed by atoms with Crippen molar-refractivity contribution in [1.29, 1.82) is 0 Å². The monoisotopic (exact) mass is 291 g/mol. The predicted octanol–water partition coefficient (Wildman–Crippen LogP) is 4.05. The first-order valence-electron chi connectivity index (χ1n) is 7.35. The number of thioether (sulfide) groups is 1. The Kier molecular flexibility index (Phi) is 4.48. The molecule has 1 aromatic carbocycles. The van der Waals surface area contributed by atoms with Gasteiger partial charge in [-0.1, -0.05) is 32.9 Å². The fraction of sp³-hybridized carbons (Fsp3) is 0.588. The third-order valence-electron chi connectivity index (χ3n) is 3.65. The number of hydrogen-bond acceptors (Lipinski definition) is 2. The highest BCUT2D eigenvalue weighted by atomic mass is 32.2. The molecule has 0 aliphatic heterocycles. The van der Waals surface area contributed by atoms with E-state index in [4.69, 9.17) is 0 Å². The molecule has 1 fully saturated rings. The van der Waals surface area contributed by atoms with Crippen LogP contribution in [0, 0.1) is 6.92 Å². The quantitative estimate of drug-likeness (QED) is 0.848. The van der Waals surface area contributed by atoms with Gasteiger partial charge in [-0.05, 0) is 49.3 Å². The molecule has 1 aromatic rings. The van der Waals surface area contributed by atoms with Gasteiger partial charge in [-0.25, -0.2) is 0 Å². The van der Waals surface area contributed by atoms with Crippen molar-refractivity contribution in [1.82, 2.24) is 5.32 Å². The average molecular weight is 291 g/mol. The van der Waals surface area contributed by atoms with Crippen LogP contribution in [0.5, 0.6) is 0 Å². The van der Waals surface area contributed by atoms with Crippen molar-refractivity contribution in [3.63, 3.8) is 0 Å². The van der Waals surface area contributed by atoms with E-state index >= 15 is 0 Å². The summed E-state index contributed by atoms with van der Waals surface area (Å²) in [6, 6.07) is 7.02. The molecule has 0 radical (unpaired) electrons. The molecule has 0 spiro atoms. The van der Waals surface area contributed by atoms with Crippen molar-refractivity contribution in [3.8, 4) is 0 Å². The number of benzene rings is 1. The summed E-state index contributed by atoms with van der Waals surface area (Å²) in [5.74, 6) is 0.165. The summed E-state index contributed by atoms with van der Waals surface area (Å²) < 4.78 is 0. The van der Waals surface area contributed by atoms with E-state index in [9.17, 15) is 4.79 Å². The molecule has 1 saturated carbocycles. The Morgan fingerprint density at radius 2 is 2.00 bits per heavy atom. The fourth-order valence-electron chi connectivity index (χ4n) is 1.98. The lowest BCUT2D eigenvalue weighted by molar-refractivity contribution is -0.120. The second-order valence-corrected chi connectivity index (χ2v) is 8.16. The van der Waals surface area contributed by atoms with Crippen LogP contribution >= 0.6 is 11.8 Å². The minimum atomic E-state index is -0.0375. The average Bonchev–Trinajstić information content (AvgIpc) is 3.14. The van der Waals surface area contributed by atoms with Gasteiger partial charge in [-0.15, -0.1) is 11.8 Å². The highest BCUT2D eigenvalue weighted by Crippen LogP contribution is 2.32. The van der Waals surface area contributed by atoms with Gasteiger partial charge in [0.05, 0.1) is 5.25 Å². The van der Waals surface area contributed by atoms with E-state index in [0.717, 1.165) is 12.8 Å². The first kappa shape index (κ1) is 15.4. The van der Waals surface area contributed by atoms with Crippen LogP contribution in [0.2, 0.25) is 0 Å². The van der Waals surface area contributed by atoms with Gasteiger partial charge in [0.1, 0.15) is 0 Å². The number of aryl methyl sites for hydroxylation is 1. The maximum Gasteiger partial charge on any atom is 0.233 e. The molecule has 0 saturated heterocycles. The summed E-state index contributed by atoms with van der Waals surface area (Å²) in [6.07, 6.45) is 2.28. The van der Waals surface area contributed by atoms with Crippen LogP contribution in [-0.2, 0) is 10.2 Å². The van der Waals surface area contributed by atoms with Crippen LogP contribution in [0.4, 0.5) is 0 Å². The summed E-state index contributed by atoms with van der Waals surface area (Å²) >= 11 is 1.67. The smallest absolute Gasteiger partial charge is 0.233 e. The molecule has 3 heteroatoms. The molecule has 0 unspecified atom stereocenters. The van der Waals surface area contributed by atoms with Gasteiger partial charge in [0.15, 0.2) is 0 Å². The van der Waals surface area contributed by atoms with Crippen LogP contribution in [0.1, 0.15) is 51.7 Å². The first-order valence-corrected chi connectivity index (χ1v) is 8.23. The summed E-state index contributed by atoms with van der Waals surface area (Å²) in [7, 11) is 0. The minimum absolute atomic E-state index is 0.0375. The normalized spacial score (nSPS) is 16.9. The Bertz CT molecular complexity index is 500. The number of carbonyl (C=O) groups is 1. The van der Waals surface area contributed by atoms with E-state index < -0.39 is 0 Å². The topological polar surface area (TPSA) is 29.1 Å². The summed E-state index contributed by atoms with van der Waals surface area (Å²) in [5.41, 5.74) is 2.71. The van der Waals surface area contributed by atoms with Crippen molar-refractivity contribution < 1.29 is 4.79 Å². The van der Waals surface area contributed by atoms with E-state index in [1.807, 2.05) is 6.92 Å². The van der Waals surface area contributed by atoms with Crippen LogP contribution in [0.15, 0.2) is 23.1 Å². The van der Waals surface area contributed by atoms with Crippen molar-refractivity contribution in [2.75, 3.05) is 0 Å². The van der Waals surface area contributed by atoms with Crippen LogP contribution < -0.4 is 5.32 Å². The molecule has 110 valence electrons. The summed E-state index contributed by atoms with van der Waals surface area (Å²) in [6.45, 7) is 10.8. The van der Waals surface area contributed by atoms with Gasteiger partial charge >= 0.3 is 0 Å². The molecule has 1 atom stereocenters. The molecular formula is C17H25NOS. The fourth-order valence-corrected chi connectivity index (χ4v) is 2.99. The van der Waals surface area contributed by atoms with Gasteiger partial charge in [0, 0.05) is 10.9 Å². The molecule has 1 amide bonds. The van der Waals surface area contributed by atoms with E-state index in [2.05, 4.69) is 51.2 Å². The van der Waals surface area contributed by atoms with Gasteiger partial charge < -0.3 is 5.32 Å². The van der Waals surface area contributed by atoms with Crippen molar-refractivity contribution in [2.45, 2.75) is 69.1 Å². The van der Waals surface area contributed by atoms with Crippen LogP contribution in [0.3, 0.4) is 0 Å². The maximum absolute atomic E-state index is 12.1. The zero-order chi connectivity index (χ0) is 14.9. The predicted molar refractivity (Wildman–Crippen MR) is 86.4 cm³/mol. The lowest BCUT2D eigenvalue weighted by atomic mass is 9.87. The largest absolute Gasteiger partial charge is 0.352 e. The summed E-state index contributed by atoms with van der Waals surface area (Å²) in [4.78, 5) is 13.3. The Labute approximate surface area is 126 Å². The van der Waals surface area contributed by atoms with E-state index in [0.29, 0.717) is 6.04 Å². The number of hydrogen-bond donors (Lipinski definition) is 1. The third-order valence-corrected chi connectivity index (χ3v) is 4.91. The highest BCUT2D eigenvalue weighted by Gasteiger charge is 2.26. The van der Waals surface area contributed by atoms with Gasteiger partial charge in [-0.2, -0.15) is 0 Å². The number of nitrogens with one attached hydrogen (secondary N) is 1. The van der Waals surface area contributed by atoms with Crippen molar-refractivity contribution in [2.24, 2.45) is 0 Å². The lowest BCUT2D eigenvalue weighted by Crippen LogP contribution is -2.32. The lowest BCUT2D eigenvalue weighted by Gasteiger charge is -2.21. The van der Waals surface area contributed by atoms with E-state index in [1.165, 1.54) is 16.0 Å². The molecule has 2 nitrogen and oxygen atoms in total. The minimum Gasteiger partial charge on any atom is -0.352 e. The van der Waals surface area contributed by atoms with Crippen molar-refractivity contribution >= 4 is 17.7 Å². The van der Waals surface area contributed by atoms with E-state index in [-0.39, 0.29) is 16.6 Å². The second kappa shape index (κ2) is 5.80. The molecule has 0 aromatic heterocycles. The summed E-state index contributed by atoms with van der Waals surface area (Å²) in [5, 5.41) is 3.04. The molecule has 1 aliphatic carbocycles. The molecule has 0 bridgehead atoms. The zero-order valence-corrected chi connectivity index (χ0v) is 13.9. The highest BCUT2D eigenvalue weighted by molar-refractivity contribution is 8.00. The number of rotatable bonds is 4. The van der Waals surface area contributed by atoms with Gasteiger partial charge in [0.25, 0.3) is 0 Å². The van der Waals surface area contributed by atoms with Crippen molar-refractivity contribution in [3.05, 3.63) is 29.3 Å². The van der Waals surface area contributed by atoms with E-state index in [1.54, 1.807) is 11.8 Å². The Hall–Kier alpha value is -0.960. The van der Waals surface area contributed by atoms with Crippen LogP contribution in [-0.4, -0.2) is 17.2 Å². The molecule has 1 aliphatic rings. The number of amides is 1. The molecular weight excluding hydrogens is 266 g/mol. The second-order valence-electron chi connectivity index (χ2n) is 6.77. The number of carbonyl (C=O) groups excluding carboxylic acids is 1. The maximum atomic E-state index is 12.1. The standard InChI is InChI=1S/C17H25NOS/c1-11-6-7-13(17(3,4)5)10-15(11)20-12(2)16(19)18-14-8-9-14/h6-7,10,12,14H,8-9H2,1-5H3,(H,18,19)/t12-/m1/s1.